The van der Waals surface area contributed by atoms with Gasteiger partial charge in [-0.3, -0.25) is 4.79 Å². The average Bonchev–Trinajstić information content (AvgIpc) is 2.67. The molecular weight excluding hydrogens is 354 g/mol. The molecule has 0 spiro atoms. The van der Waals surface area contributed by atoms with E-state index in [1.165, 1.54) is 7.11 Å². The van der Waals surface area contributed by atoms with Crippen molar-refractivity contribution >= 4 is 5.78 Å². The van der Waals surface area contributed by atoms with Crippen LogP contribution in [0.4, 0.5) is 0 Å². The number of rotatable bonds is 9. The summed E-state index contributed by atoms with van der Waals surface area (Å²) in [6.07, 6.45) is -0.194. The smallest absolute Gasteiger partial charge is 0.172 e. The molecule has 6 heteroatoms. The molecule has 2 aromatic rings. The van der Waals surface area contributed by atoms with Crippen molar-refractivity contribution in [1.82, 2.24) is 0 Å². The fourth-order valence-corrected chi connectivity index (χ4v) is 2.72. The second kappa shape index (κ2) is 10.8. The minimum absolute atomic E-state index is 0. The SMILES string of the molecule is COc1ccc(C(=O)CC[NH2+]C(C)C(O)c2ccccc2)c(OC)c1.[Cl-]. The van der Waals surface area contributed by atoms with Gasteiger partial charge in [0.25, 0.3) is 0 Å². The second-order valence-corrected chi connectivity index (χ2v) is 5.98. The van der Waals surface area contributed by atoms with E-state index >= 15 is 0 Å². The van der Waals surface area contributed by atoms with E-state index in [0.29, 0.717) is 30.0 Å². The van der Waals surface area contributed by atoms with E-state index in [4.69, 9.17) is 9.47 Å². The van der Waals surface area contributed by atoms with E-state index < -0.39 is 6.10 Å². The Morgan fingerprint density at radius 3 is 2.42 bits per heavy atom. The Morgan fingerprint density at radius 1 is 1.12 bits per heavy atom. The maximum Gasteiger partial charge on any atom is 0.172 e. The number of hydrogen-bond acceptors (Lipinski definition) is 4. The van der Waals surface area contributed by atoms with Crippen LogP contribution in [0, 0.1) is 0 Å². The van der Waals surface area contributed by atoms with Gasteiger partial charge in [0.15, 0.2) is 5.78 Å². The highest BCUT2D eigenvalue weighted by Crippen LogP contribution is 2.25. The number of carbonyl (C=O) groups is 1. The van der Waals surface area contributed by atoms with Crippen molar-refractivity contribution in [1.29, 1.82) is 0 Å². The molecule has 0 aliphatic carbocycles. The monoisotopic (exact) mass is 379 g/mol. The van der Waals surface area contributed by atoms with Gasteiger partial charge in [-0.15, -0.1) is 0 Å². The lowest BCUT2D eigenvalue weighted by molar-refractivity contribution is -0.693. The highest BCUT2D eigenvalue weighted by Gasteiger charge is 2.20. The van der Waals surface area contributed by atoms with Crippen LogP contribution in [-0.2, 0) is 0 Å². The Hall–Kier alpha value is -2.08. The number of ether oxygens (including phenoxy) is 2. The predicted octanol–water partition coefficient (Wildman–Crippen LogP) is -1.03. The Kier molecular flexibility index (Phi) is 9.13. The first-order valence-electron chi connectivity index (χ1n) is 8.38. The topological polar surface area (TPSA) is 72.4 Å². The molecule has 0 aliphatic heterocycles. The molecule has 2 rings (SSSR count). The lowest BCUT2D eigenvalue weighted by atomic mass is 10.0. The van der Waals surface area contributed by atoms with Crippen LogP contribution in [0.5, 0.6) is 11.5 Å². The van der Waals surface area contributed by atoms with Crippen LogP contribution in [0.15, 0.2) is 48.5 Å². The second-order valence-electron chi connectivity index (χ2n) is 5.98. The summed E-state index contributed by atoms with van der Waals surface area (Å²) in [4.78, 5) is 12.4. The van der Waals surface area contributed by atoms with Gasteiger partial charge >= 0.3 is 0 Å². The number of Topliss-reactive ketones (excluding diaryl/α,β-unsaturated/α-hetero) is 1. The third kappa shape index (κ3) is 5.73. The molecule has 0 fully saturated rings. The van der Waals surface area contributed by atoms with Gasteiger partial charge in [0, 0.05) is 6.07 Å². The number of ketones is 1. The molecule has 3 N–H and O–H groups in total. The fraction of sp³-hybridized carbons (Fsp3) is 0.350. The minimum Gasteiger partial charge on any atom is -1.00 e. The highest BCUT2D eigenvalue weighted by atomic mass is 35.5. The first-order valence-corrected chi connectivity index (χ1v) is 8.38. The van der Waals surface area contributed by atoms with Crippen molar-refractivity contribution in [2.24, 2.45) is 0 Å². The summed E-state index contributed by atoms with van der Waals surface area (Å²) < 4.78 is 10.4. The maximum absolute atomic E-state index is 12.4. The molecule has 0 heterocycles. The summed E-state index contributed by atoms with van der Waals surface area (Å²) in [5.74, 6) is 1.18. The number of hydrogen-bond donors (Lipinski definition) is 2. The molecule has 0 bridgehead atoms. The van der Waals surface area contributed by atoms with Crippen molar-refractivity contribution in [2.45, 2.75) is 25.5 Å². The summed E-state index contributed by atoms with van der Waals surface area (Å²) in [5, 5.41) is 12.4. The van der Waals surface area contributed by atoms with E-state index in [2.05, 4.69) is 0 Å². The Balaban J connectivity index is 0.00000338. The summed E-state index contributed by atoms with van der Waals surface area (Å²) in [6, 6.07) is 14.7. The number of quaternary nitrogens is 1. The largest absolute Gasteiger partial charge is 1.00 e. The molecule has 0 radical (unpaired) electrons. The lowest BCUT2D eigenvalue weighted by Crippen LogP contribution is -3.00. The lowest BCUT2D eigenvalue weighted by Gasteiger charge is -2.17. The zero-order chi connectivity index (χ0) is 18.2. The third-order valence-corrected chi connectivity index (χ3v) is 4.26. The Morgan fingerprint density at radius 2 is 1.81 bits per heavy atom. The number of carbonyl (C=O) groups excluding carboxylic acids is 1. The zero-order valence-electron chi connectivity index (χ0n) is 15.3. The molecule has 0 saturated carbocycles. The zero-order valence-corrected chi connectivity index (χ0v) is 16.1. The molecule has 2 atom stereocenters. The summed E-state index contributed by atoms with van der Waals surface area (Å²) >= 11 is 0. The fourth-order valence-electron chi connectivity index (χ4n) is 2.72. The number of benzene rings is 2. The number of halogens is 1. The average molecular weight is 380 g/mol. The van der Waals surface area contributed by atoms with Gasteiger partial charge < -0.3 is 32.3 Å². The van der Waals surface area contributed by atoms with E-state index in [1.54, 1.807) is 25.3 Å². The molecule has 5 nitrogen and oxygen atoms in total. The van der Waals surface area contributed by atoms with Crippen molar-refractivity contribution < 1.29 is 37.1 Å². The van der Waals surface area contributed by atoms with Crippen molar-refractivity contribution in [3.8, 4) is 11.5 Å². The third-order valence-electron chi connectivity index (χ3n) is 4.26. The molecule has 26 heavy (non-hydrogen) atoms. The summed E-state index contributed by atoms with van der Waals surface area (Å²) in [7, 11) is 3.11. The molecule has 0 saturated heterocycles. The van der Waals surface area contributed by atoms with Gasteiger partial charge in [-0.25, -0.2) is 0 Å². The molecular formula is C20H26ClNO4. The molecule has 0 aromatic heterocycles. The molecule has 2 unspecified atom stereocenters. The van der Waals surface area contributed by atoms with Crippen LogP contribution < -0.4 is 27.2 Å². The number of aliphatic hydroxyl groups is 1. The Bertz CT molecular complexity index is 693. The van der Waals surface area contributed by atoms with Gasteiger partial charge in [-0.05, 0) is 24.6 Å². The van der Waals surface area contributed by atoms with Gasteiger partial charge in [0.1, 0.15) is 23.6 Å². The van der Waals surface area contributed by atoms with E-state index in [-0.39, 0.29) is 24.2 Å². The van der Waals surface area contributed by atoms with E-state index in [0.717, 1.165) is 5.56 Å². The molecule has 0 amide bonds. The van der Waals surface area contributed by atoms with Crippen molar-refractivity contribution in [3.63, 3.8) is 0 Å². The highest BCUT2D eigenvalue weighted by molar-refractivity contribution is 5.98. The first kappa shape index (κ1) is 22.0. The van der Waals surface area contributed by atoms with Crippen LogP contribution in [0.25, 0.3) is 0 Å². The Labute approximate surface area is 160 Å². The van der Waals surface area contributed by atoms with E-state index in [9.17, 15) is 9.90 Å². The number of nitrogens with two attached hydrogens (primary N) is 1. The van der Waals surface area contributed by atoms with Crippen LogP contribution in [0.3, 0.4) is 0 Å². The van der Waals surface area contributed by atoms with Gasteiger partial charge in [0.05, 0.1) is 32.7 Å². The number of aliphatic hydroxyl groups excluding tert-OH is 1. The maximum atomic E-state index is 12.4. The summed E-state index contributed by atoms with van der Waals surface area (Å²) in [5.41, 5.74) is 1.43. The number of methoxy groups -OCH3 is 2. The minimum atomic E-state index is -0.563. The normalized spacial score (nSPS) is 12.6. The summed E-state index contributed by atoms with van der Waals surface area (Å²) in [6.45, 7) is 2.55. The van der Waals surface area contributed by atoms with Crippen LogP contribution in [0.2, 0.25) is 0 Å². The van der Waals surface area contributed by atoms with E-state index in [1.807, 2.05) is 42.6 Å². The molecule has 2 aromatic carbocycles. The van der Waals surface area contributed by atoms with Crippen LogP contribution in [0.1, 0.15) is 35.4 Å². The van der Waals surface area contributed by atoms with Crippen LogP contribution in [-0.4, -0.2) is 37.7 Å². The standard InChI is InChI=1S/C20H25NO4.ClH/c1-14(20(23)15-7-5-4-6-8-15)21-12-11-18(22)17-10-9-16(24-2)13-19(17)25-3;/h4-10,13-14,20-21,23H,11-12H2,1-3H3;1H. The predicted molar refractivity (Wildman–Crippen MR) is 96.1 cm³/mol. The molecule has 142 valence electrons. The quantitative estimate of drug-likeness (QED) is 0.546. The van der Waals surface area contributed by atoms with Crippen LogP contribution >= 0.6 is 0 Å². The van der Waals surface area contributed by atoms with Crippen molar-refractivity contribution in [2.75, 3.05) is 20.8 Å². The molecule has 0 aliphatic rings. The van der Waals surface area contributed by atoms with Gasteiger partial charge in [-0.1, -0.05) is 30.3 Å². The van der Waals surface area contributed by atoms with Gasteiger partial charge in [-0.2, -0.15) is 0 Å². The van der Waals surface area contributed by atoms with Gasteiger partial charge in [0.2, 0.25) is 0 Å². The van der Waals surface area contributed by atoms with Crippen molar-refractivity contribution in [3.05, 3.63) is 59.7 Å². The first-order chi connectivity index (χ1) is 12.1.